The Morgan fingerprint density at radius 3 is 2.92 bits per heavy atom. The van der Waals surface area contributed by atoms with Crippen LogP contribution in [-0.4, -0.2) is 48.8 Å². The van der Waals surface area contributed by atoms with Gasteiger partial charge in [-0.05, 0) is 20.0 Å². The van der Waals surface area contributed by atoms with Crippen LogP contribution in [0, 0.1) is 11.8 Å². The van der Waals surface area contributed by atoms with Crippen molar-refractivity contribution in [1.82, 2.24) is 4.90 Å². The maximum Gasteiger partial charge on any atom is 0.309 e. The zero-order chi connectivity index (χ0) is 9.64. The van der Waals surface area contributed by atoms with Crippen molar-refractivity contribution in [1.29, 1.82) is 0 Å². The molecule has 1 saturated heterocycles. The molecule has 0 aromatic carbocycles. The van der Waals surface area contributed by atoms with Crippen molar-refractivity contribution in [2.24, 2.45) is 11.8 Å². The van der Waals surface area contributed by atoms with Crippen LogP contribution in [0.25, 0.3) is 0 Å². The van der Waals surface area contributed by atoms with Gasteiger partial charge in [-0.25, -0.2) is 0 Å². The SMILES string of the molecule is CO[C@]12CN(C)CC[C@@H]1[C@@H]2C(=O)O. The van der Waals surface area contributed by atoms with Crippen LogP contribution in [0.15, 0.2) is 0 Å². The minimum atomic E-state index is -0.706. The summed E-state index contributed by atoms with van der Waals surface area (Å²) in [5.74, 6) is -0.740. The Bertz CT molecular complexity index is 243. The first-order valence-corrected chi connectivity index (χ1v) is 4.58. The molecular formula is C9H15NO3. The molecule has 1 saturated carbocycles. The Kier molecular flexibility index (Phi) is 1.85. The van der Waals surface area contributed by atoms with Crippen molar-refractivity contribution in [3.63, 3.8) is 0 Å². The fourth-order valence-corrected chi connectivity index (χ4v) is 2.70. The van der Waals surface area contributed by atoms with E-state index in [0.29, 0.717) is 0 Å². The van der Waals surface area contributed by atoms with Gasteiger partial charge in [0.2, 0.25) is 0 Å². The number of aliphatic carboxylic acids is 1. The van der Waals surface area contributed by atoms with Gasteiger partial charge in [0.15, 0.2) is 0 Å². The third-order valence-electron chi connectivity index (χ3n) is 3.43. The van der Waals surface area contributed by atoms with Gasteiger partial charge in [-0.3, -0.25) is 4.79 Å². The van der Waals surface area contributed by atoms with E-state index in [1.165, 1.54) is 0 Å². The maximum absolute atomic E-state index is 10.9. The monoisotopic (exact) mass is 185 g/mol. The molecule has 13 heavy (non-hydrogen) atoms. The van der Waals surface area contributed by atoms with Crippen LogP contribution >= 0.6 is 0 Å². The lowest BCUT2D eigenvalue weighted by Gasteiger charge is -2.28. The molecule has 0 radical (unpaired) electrons. The number of carboxylic acid groups (broad SMARTS) is 1. The Labute approximate surface area is 77.5 Å². The predicted molar refractivity (Wildman–Crippen MR) is 46.5 cm³/mol. The van der Waals surface area contributed by atoms with Crippen molar-refractivity contribution in [2.75, 3.05) is 27.2 Å². The topological polar surface area (TPSA) is 49.8 Å². The van der Waals surface area contributed by atoms with Gasteiger partial charge >= 0.3 is 5.97 Å². The predicted octanol–water partition coefficient (Wildman–Crippen LogP) is 0.0377. The zero-order valence-corrected chi connectivity index (χ0v) is 7.99. The Morgan fingerprint density at radius 1 is 1.69 bits per heavy atom. The number of nitrogens with zero attached hydrogens (tertiary/aromatic N) is 1. The molecule has 1 aliphatic carbocycles. The van der Waals surface area contributed by atoms with E-state index in [-0.39, 0.29) is 17.4 Å². The number of likely N-dealkylation sites (tertiary alicyclic amines) is 1. The van der Waals surface area contributed by atoms with Gasteiger partial charge in [-0.15, -0.1) is 0 Å². The minimum Gasteiger partial charge on any atom is -0.481 e. The van der Waals surface area contributed by atoms with Gasteiger partial charge in [0, 0.05) is 19.6 Å². The molecule has 0 aromatic heterocycles. The highest BCUT2D eigenvalue weighted by Gasteiger charge is 2.70. The minimum absolute atomic E-state index is 0.242. The smallest absolute Gasteiger partial charge is 0.309 e. The van der Waals surface area contributed by atoms with Gasteiger partial charge in [0.1, 0.15) is 0 Å². The number of methoxy groups -OCH3 is 1. The molecule has 2 rings (SSSR count). The number of rotatable bonds is 2. The molecular weight excluding hydrogens is 170 g/mol. The van der Waals surface area contributed by atoms with E-state index in [1.807, 2.05) is 7.05 Å². The summed E-state index contributed by atoms with van der Waals surface area (Å²) in [4.78, 5) is 13.0. The highest BCUT2D eigenvalue weighted by atomic mass is 16.5. The van der Waals surface area contributed by atoms with E-state index in [0.717, 1.165) is 19.5 Å². The van der Waals surface area contributed by atoms with Gasteiger partial charge in [-0.1, -0.05) is 0 Å². The first-order valence-electron chi connectivity index (χ1n) is 4.58. The summed E-state index contributed by atoms with van der Waals surface area (Å²) in [6, 6.07) is 0. The lowest BCUT2D eigenvalue weighted by atomic mass is 10.1. The molecule has 3 atom stereocenters. The van der Waals surface area contributed by atoms with E-state index >= 15 is 0 Å². The van der Waals surface area contributed by atoms with Crippen LogP contribution in [0.1, 0.15) is 6.42 Å². The number of carboxylic acids is 1. The largest absolute Gasteiger partial charge is 0.481 e. The molecule has 74 valence electrons. The van der Waals surface area contributed by atoms with E-state index in [2.05, 4.69) is 4.90 Å². The van der Waals surface area contributed by atoms with Crippen LogP contribution in [0.5, 0.6) is 0 Å². The first kappa shape index (κ1) is 8.97. The van der Waals surface area contributed by atoms with E-state index in [1.54, 1.807) is 7.11 Å². The second kappa shape index (κ2) is 2.69. The summed E-state index contributed by atoms with van der Waals surface area (Å²) in [5.41, 5.74) is -0.376. The average Bonchev–Trinajstić information content (AvgIpc) is 2.73. The quantitative estimate of drug-likeness (QED) is 0.659. The fourth-order valence-electron chi connectivity index (χ4n) is 2.70. The lowest BCUT2D eigenvalue weighted by molar-refractivity contribution is -0.140. The molecule has 1 N–H and O–H groups in total. The van der Waals surface area contributed by atoms with Crippen molar-refractivity contribution >= 4 is 5.97 Å². The van der Waals surface area contributed by atoms with Gasteiger partial charge < -0.3 is 14.7 Å². The van der Waals surface area contributed by atoms with Crippen LogP contribution in [0.4, 0.5) is 0 Å². The number of ether oxygens (including phenoxy) is 1. The van der Waals surface area contributed by atoms with Crippen LogP contribution in [0.2, 0.25) is 0 Å². The Balaban J connectivity index is 2.15. The number of likely N-dealkylation sites (N-methyl/N-ethyl adjacent to an activating group) is 1. The number of carbonyl (C=O) groups is 1. The molecule has 0 unspecified atom stereocenters. The highest BCUT2D eigenvalue weighted by molar-refractivity contribution is 5.77. The van der Waals surface area contributed by atoms with Gasteiger partial charge in [-0.2, -0.15) is 0 Å². The third-order valence-corrected chi connectivity index (χ3v) is 3.43. The molecule has 0 amide bonds. The number of piperidine rings is 1. The molecule has 1 heterocycles. The first-order chi connectivity index (χ1) is 6.12. The third kappa shape index (κ3) is 1.09. The fraction of sp³-hybridized carbons (Fsp3) is 0.889. The van der Waals surface area contributed by atoms with Crippen LogP contribution in [-0.2, 0) is 9.53 Å². The van der Waals surface area contributed by atoms with Crippen molar-refractivity contribution in [2.45, 2.75) is 12.0 Å². The van der Waals surface area contributed by atoms with E-state index in [9.17, 15) is 4.79 Å². The number of fused-ring (bicyclic) bond motifs is 1. The second-order valence-corrected chi connectivity index (χ2v) is 4.11. The second-order valence-electron chi connectivity index (χ2n) is 4.11. The summed E-state index contributed by atoms with van der Waals surface area (Å²) < 4.78 is 5.37. The molecule has 2 aliphatic rings. The molecule has 2 fully saturated rings. The summed E-state index contributed by atoms with van der Waals surface area (Å²) >= 11 is 0. The summed E-state index contributed by atoms with van der Waals surface area (Å²) in [6.07, 6.45) is 0.946. The molecule has 1 aliphatic heterocycles. The normalized spacial score (nSPS) is 44.2. The number of hydrogen-bond acceptors (Lipinski definition) is 3. The van der Waals surface area contributed by atoms with Gasteiger partial charge in [0.05, 0.1) is 11.5 Å². The van der Waals surface area contributed by atoms with Crippen LogP contribution < -0.4 is 0 Å². The molecule has 4 nitrogen and oxygen atoms in total. The van der Waals surface area contributed by atoms with Crippen LogP contribution in [0.3, 0.4) is 0 Å². The standard InChI is InChI=1S/C9H15NO3/c1-10-4-3-6-7(8(11)12)9(6,5-10)13-2/h6-7H,3-5H2,1-2H3,(H,11,12)/t6-,7-,9-/m1/s1. The molecule has 0 spiro atoms. The lowest BCUT2D eigenvalue weighted by Crippen LogP contribution is -2.39. The number of hydrogen-bond donors (Lipinski definition) is 1. The summed E-state index contributed by atoms with van der Waals surface area (Å²) in [6.45, 7) is 1.74. The Hall–Kier alpha value is -0.610. The van der Waals surface area contributed by atoms with Crippen molar-refractivity contribution < 1.29 is 14.6 Å². The molecule has 4 heteroatoms. The van der Waals surface area contributed by atoms with E-state index < -0.39 is 5.97 Å². The van der Waals surface area contributed by atoms with Gasteiger partial charge in [0.25, 0.3) is 0 Å². The average molecular weight is 185 g/mol. The zero-order valence-electron chi connectivity index (χ0n) is 7.99. The molecule has 0 bridgehead atoms. The summed E-state index contributed by atoms with van der Waals surface area (Å²) in [5, 5.41) is 8.97. The molecule has 0 aromatic rings. The van der Waals surface area contributed by atoms with Crippen molar-refractivity contribution in [3.05, 3.63) is 0 Å². The van der Waals surface area contributed by atoms with E-state index in [4.69, 9.17) is 9.84 Å². The summed E-state index contributed by atoms with van der Waals surface area (Å²) in [7, 11) is 3.63. The Morgan fingerprint density at radius 2 is 2.38 bits per heavy atom. The maximum atomic E-state index is 10.9. The highest BCUT2D eigenvalue weighted by Crippen LogP contribution is 2.57. The van der Waals surface area contributed by atoms with Crippen molar-refractivity contribution in [3.8, 4) is 0 Å².